The average molecular weight is 396 g/mol. The number of hydrogen-bond donors (Lipinski definition) is 1. The van der Waals surface area contributed by atoms with E-state index in [0.29, 0.717) is 35.3 Å². The molecule has 0 aliphatic carbocycles. The van der Waals surface area contributed by atoms with Crippen LogP contribution in [0.2, 0.25) is 0 Å². The number of thiocarbonyl (C=S) groups is 1. The predicted octanol–water partition coefficient (Wildman–Crippen LogP) is 3.86. The molecule has 4 nitrogen and oxygen atoms in total. The van der Waals surface area contributed by atoms with Gasteiger partial charge in [0.1, 0.15) is 24.0 Å². The highest BCUT2D eigenvalue weighted by Crippen LogP contribution is 2.36. The molecule has 0 atom stereocenters. The summed E-state index contributed by atoms with van der Waals surface area (Å²) >= 11 is 8.44. The standard InChI is InChI=1S/C17H18BrNO3S/c1-11-4-3-5-13(8-11)21-6-7-22-16-14(18)9-12(17(19)23)10-15(16)20-2/h3-5,8-10H,6-7H2,1-2H3,(H2,19,23). The number of aryl methyl sites for hydroxylation is 1. The number of ether oxygens (including phenoxy) is 3. The Hall–Kier alpha value is -1.79. The van der Waals surface area contributed by atoms with Crippen LogP contribution in [0.5, 0.6) is 17.2 Å². The van der Waals surface area contributed by atoms with Crippen molar-refractivity contribution < 1.29 is 14.2 Å². The molecule has 0 saturated carbocycles. The Bertz CT molecular complexity index is 706. The minimum atomic E-state index is 0.304. The monoisotopic (exact) mass is 395 g/mol. The fraction of sp³-hybridized carbons (Fsp3) is 0.235. The zero-order valence-electron chi connectivity index (χ0n) is 13.0. The van der Waals surface area contributed by atoms with Gasteiger partial charge in [0.25, 0.3) is 0 Å². The van der Waals surface area contributed by atoms with Gasteiger partial charge in [0, 0.05) is 5.56 Å². The number of rotatable bonds is 7. The first-order valence-electron chi connectivity index (χ1n) is 7.01. The Balaban J connectivity index is 1.99. The summed E-state index contributed by atoms with van der Waals surface area (Å²) < 4.78 is 17.5. The molecule has 2 aromatic carbocycles. The molecule has 0 heterocycles. The van der Waals surface area contributed by atoms with Gasteiger partial charge < -0.3 is 19.9 Å². The lowest BCUT2D eigenvalue weighted by Gasteiger charge is -2.14. The van der Waals surface area contributed by atoms with E-state index in [1.165, 1.54) is 0 Å². The maximum atomic E-state index is 5.76. The maximum absolute atomic E-state index is 5.76. The maximum Gasteiger partial charge on any atom is 0.175 e. The molecule has 0 saturated heterocycles. The summed E-state index contributed by atoms with van der Waals surface area (Å²) in [5.41, 5.74) is 7.52. The van der Waals surface area contributed by atoms with Crippen molar-refractivity contribution in [3.63, 3.8) is 0 Å². The van der Waals surface area contributed by atoms with Crippen molar-refractivity contribution in [2.24, 2.45) is 5.73 Å². The molecular formula is C17H18BrNO3S. The SMILES string of the molecule is COc1cc(C(N)=S)cc(Br)c1OCCOc1cccc(C)c1. The highest BCUT2D eigenvalue weighted by atomic mass is 79.9. The van der Waals surface area contributed by atoms with E-state index in [1.54, 1.807) is 13.2 Å². The number of methoxy groups -OCH3 is 1. The molecule has 23 heavy (non-hydrogen) atoms. The molecule has 2 rings (SSSR count). The molecule has 2 N–H and O–H groups in total. The summed E-state index contributed by atoms with van der Waals surface area (Å²) in [6, 6.07) is 11.4. The summed E-state index contributed by atoms with van der Waals surface area (Å²) in [7, 11) is 1.57. The van der Waals surface area contributed by atoms with Crippen molar-refractivity contribution in [2.45, 2.75) is 6.92 Å². The van der Waals surface area contributed by atoms with E-state index in [1.807, 2.05) is 37.3 Å². The molecule has 0 aliphatic heterocycles. The van der Waals surface area contributed by atoms with Gasteiger partial charge in [-0.25, -0.2) is 0 Å². The van der Waals surface area contributed by atoms with Crippen molar-refractivity contribution in [3.8, 4) is 17.2 Å². The molecule has 0 amide bonds. The zero-order chi connectivity index (χ0) is 16.8. The molecule has 122 valence electrons. The summed E-state index contributed by atoms with van der Waals surface area (Å²) in [6.45, 7) is 2.83. The van der Waals surface area contributed by atoms with Gasteiger partial charge in [-0.15, -0.1) is 0 Å². The Morgan fingerprint density at radius 3 is 2.57 bits per heavy atom. The molecule has 2 aromatic rings. The number of halogens is 1. The third kappa shape index (κ3) is 4.84. The van der Waals surface area contributed by atoms with Crippen LogP contribution in [-0.4, -0.2) is 25.3 Å². The van der Waals surface area contributed by atoms with Crippen LogP contribution in [0.15, 0.2) is 40.9 Å². The first-order chi connectivity index (χ1) is 11.0. The minimum absolute atomic E-state index is 0.304. The van der Waals surface area contributed by atoms with Crippen LogP contribution < -0.4 is 19.9 Å². The summed E-state index contributed by atoms with van der Waals surface area (Å²) in [5, 5.41) is 0. The fourth-order valence-electron chi connectivity index (χ4n) is 2.01. The molecule has 0 aliphatic rings. The molecule has 0 unspecified atom stereocenters. The Morgan fingerprint density at radius 1 is 1.17 bits per heavy atom. The number of nitrogens with two attached hydrogens (primary N) is 1. The molecule has 6 heteroatoms. The van der Waals surface area contributed by atoms with Gasteiger partial charge in [0.15, 0.2) is 11.5 Å². The van der Waals surface area contributed by atoms with Crippen LogP contribution in [0.4, 0.5) is 0 Å². The van der Waals surface area contributed by atoms with E-state index in [2.05, 4.69) is 15.9 Å². The zero-order valence-corrected chi connectivity index (χ0v) is 15.4. The first-order valence-corrected chi connectivity index (χ1v) is 8.21. The van der Waals surface area contributed by atoms with E-state index in [-0.39, 0.29) is 0 Å². The van der Waals surface area contributed by atoms with Crippen LogP contribution in [0.25, 0.3) is 0 Å². The lowest BCUT2D eigenvalue weighted by atomic mass is 10.2. The van der Waals surface area contributed by atoms with E-state index in [4.69, 9.17) is 32.2 Å². The van der Waals surface area contributed by atoms with Crippen molar-refractivity contribution in [1.29, 1.82) is 0 Å². The summed E-state index contributed by atoms with van der Waals surface area (Å²) in [4.78, 5) is 0.304. The first kappa shape index (κ1) is 17.6. The highest BCUT2D eigenvalue weighted by molar-refractivity contribution is 9.10. The average Bonchev–Trinajstić information content (AvgIpc) is 2.52. The highest BCUT2D eigenvalue weighted by Gasteiger charge is 2.13. The second-order valence-electron chi connectivity index (χ2n) is 4.87. The van der Waals surface area contributed by atoms with Crippen molar-refractivity contribution in [2.75, 3.05) is 20.3 Å². The van der Waals surface area contributed by atoms with Crippen LogP contribution in [0, 0.1) is 6.92 Å². The smallest absolute Gasteiger partial charge is 0.175 e. The fourth-order valence-corrected chi connectivity index (χ4v) is 2.68. The minimum Gasteiger partial charge on any atom is -0.493 e. The van der Waals surface area contributed by atoms with Gasteiger partial charge in [0.05, 0.1) is 11.6 Å². The Morgan fingerprint density at radius 2 is 1.91 bits per heavy atom. The molecule has 0 aromatic heterocycles. The van der Waals surface area contributed by atoms with Gasteiger partial charge in [-0.05, 0) is 52.7 Å². The Kier molecular flexibility index (Phi) is 6.24. The van der Waals surface area contributed by atoms with Crippen molar-refractivity contribution >= 4 is 33.1 Å². The molecule has 0 radical (unpaired) electrons. The second kappa shape index (κ2) is 8.17. The number of benzene rings is 2. The van der Waals surface area contributed by atoms with E-state index < -0.39 is 0 Å². The third-order valence-corrected chi connectivity index (χ3v) is 3.93. The normalized spacial score (nSPS) is 10.2. The quantitative estimate of drug-likeness (QED) is 0.569. The second-order valence-corrected chi connectivity index (χ2v) is 6.16. The van der Waals surface area contributed by atoms with Gasteiger partial charge in [-0.1, -0.05) is 24.4 Å². The number of hydrogen-bond acceptors (Lipinski definition) is 4. The van der Waals surface area contributed by atoms with E-state index in [9.17, 15) is 0 Å². The van der Waals surface area contributed by atoms with Crippen LogP contribution >= 0.6 is 28.1 Å². The van der Waals surface area contributed by atoms with Crippen molar-refractivity contribution in [1.82, 2.24) is 0 Å². The summed E-state index contributed by atoms with van der Waals surface area (Å²) in [5.74, 6) is 1.99. The third-order valence-electron chi connectivity index (χ3n) is 3.10. The molecular weight excluding hydrogens is 378 g/mol. The molecule has 0 fully saturated rings. The largest absolute Gasteiger partial charge is 0.493 e. The van der Waals surface area contributed by atoms with Gasteiger partial charge in [0.2, 0.25) is 0 Å². The van der Waals surface area contributed by atoms with Gasteiger partial charge >= 0.3 is 0 Å². The Labute approximate surface area is 149 Å². The van der Waals surface area contributed by atoms with Gasteiger partial charge in [-0.2, -0.15) is 0 Å². The van der Waals surface area contributed by atoms with Crippen LogP contribution in [-0.2, 0) is 0 Å². The lowest BCUT2D eigenvalue weighted by molar-refractivity contribution is 0.210. The van der Waals surface area contributed by atoms with Gasteiger partial charge in [-0.3, -0.25) is 0 Å². The predicted molar refractivity (Wildman–Crippen MR) is 98.8 cm³/mol. The van der Waals surface area contributed by atoms with Crippen molar-refractivity contribution in [3.05, 3.63) is 52.0 Å². The van der Waals surface area contributed by atoms with E-state index >= 15 is 0 Å². The summed E-state index contributed by atoms with van der Waals surface area (Å²) in [6.07, 6.45) is 0. The molecule has 0 spiro atoms. The topological polar surface area (TPSA) is 53.7 Å². The lowest BCUT2D eigenvalue weighted by Crippen LogP contribution is -2.12. The molecule has 0 bridgehead atoms. The van der Waals surface area contributed by atoms with Crippen LogP contribution in [0.1, 0.15) is 11.1 Å². The van der Waals surface area contributed by atoms with E-state index in [0.717, 1.165) is 15.8 Å². The van der Waals surface area contributed by atoms with Crippen LogP contribution in [0.3, 0.4) is 0 Å².